The van der Waals surface area contributed by atoms with Gasteiger partial charge in [0.2, 0.25) is 0 Å². The highest BCUT2D eigenvalue weighted by molar-refractivity contribution is 9.11. The first-order valence-corrected chi connectivity index (χ1v) is 8.33. The van der Waals surface area contributed by atoms with Gasteiger partial charge in [0, 0.05) is 10.0 Å². The summed E-state index contributed by atoms with van der Waals surface area (Å²) in [6.07, 6.45) is 0. The van der Waals surface area contributed by atoms with Gasteiger partial charge in [0.05, 0.1) is 16.1 Å². The van der Waals surface area contributed by atoms with Crippen molar-refractivity contribution in [2.75, 3.05) is 13.7 Å². The molecule has 6 heteroatoms. The molecule has 2 rings (SSSR count). The molecule has 0 unspecified atom stereocenters. The van der Waals surface area contributed by atoms with E-state index in [1.807, 2.05) is 12.1 Å². The van der Waals surface area contributed by atoms with Gasteiger partial charge in [0.15, 0.2) is 12.4 Å². The van der Waals surface area contributed by atoms with Crippen LogP contribution in [0.25, 0.3) is 0 Å². The monoisotopic (exact) mass is 476 g/mol. The third kappa shape index (κ3) is 4.31. The Morgan fingerprint density at radius 1 is 1.05 bits per heavy atom. The van der Waals surface area contributed by atoms with Crippen molar-refractivity contribution in [2.45, 2.75) is 0 Å². The zero-order chi connectivity index (χ0) is 15.4. The van der Waals surface area contributed by atoms with Crippen molar-refractivity contribution in [3.63, 3.8) is 0 Å². The Morgan fingerprint density at radius 3 is 2.38 bits per heavy atom. The molecule has 110 valence electrons. The number of carbonyl (C=O) groups is 1. The molecule has 0 amide bonds. The van der Waals surface area contributed by atoms with E-state index in [1.54, 1.807) is 31.4 Å². The summed E-state index contributed by atoms with van der Waals surface area (Å²) in [5.74, 6) is 1.17. The fourth-order valence-electron chi connectivity index (χ4n) is 1.67. The molecule has 0 spiro atoms. The van der Waals surface area contributed by atoms with Crippen LogP contribution in [0.4, 0.5) is 0 Å². The van der Waals surface area contributed by atoms with Gasteiger partial charge >= 0.3 is 0 Å². The van der Waals surface area contributed by atoms with Crippen molar-refractivity contribution >= 4 is 53.6 Å². The minimum Gasteiger partial charge on any atom is -0.496 e. The molecule has 0 N–H and O–H groups in total. The maximum atomic E-state index is 12.1. The van der Waals surface area contributed by atoms with Gasteiger partial charge < -0.3 is 9.47 Å². The van der Waals surface area contributed by atoms with Crippen LogP contribution in [0.1, 0.15) is 10.4 Å². The maximum absolute atomic E-state index is 12.1. The average molecular weight is 479 g/mol. The molecule has 0 aliphatic heterocycles. The highest BCUT2D eigenvalue weighted by Gasteiger charge is 2.11. The summed E-state index contributed by atoms with van der Waals surface area (Å²) in [6.45, 7) is -0.0339. The number of hydrogen-bond donors (Lipinski definition) is 0. The molecule has 0 saturated carbocycles. The number of methoxy groups -OCH3 is 1. The molecule has 0 saturated heterocycles. The van der Waals surface area contributed by atoms with Gasteiger partial charge in [-0.1, -0.05) is 28.1 Å². The van der Waals surface area contributed by atoms with E-state index in [-0.39, 0.29) is 12.4 Å². The zero-order valence-corrected chi connectivity index (χ0v) is 15.8. The molecule has 0 aromatic heterocycles. The highest BCUT2D eigenvalue weighted by Crippen LogP contribution is 2.36. The largest absolute Gasteiger partial charge is 0.496 e. The Hall–Kier alpha value is -0.850. The lowest BCUT2D eigenvalue weighted by atomic mass is 10.1. The Labute approximate surface area is 148 Å². The molecular weight excluding hydrogens is 468 g/mol. The number of ketones is 1. The summed E-state index contributed by atoms with van der Waals surface area (Å²) in [4.78, 5) is 12.1. The molecule has 2 aromatic rings. The van der Waals surface area contributed by atoms with E-state index >= 15 is 0 Å². The number of rotatable bonds is 5. The van der Waals surface area contributed by atoms with Crippen LogP contribution in [0.3, 0.4) is 0 Å². The maximum Gasteiger partial charge on any atom is 0.200 e. The van der Waals surface area contributed by atoms with Gasteiger partial charge in [0.25, 0.3) is 0 Å². The summed E-state index contributed by atoms with van der Waals surface area (Å²) < 4.78 is 13.1. The quantitative estimate of drug-likeness (QED) is 0.551. The van der Waals surface area contributed by atoms with Crippen LogP contribution in [-0.2, 0) is 0 Å². The Morgan fingerprint density at radius 2 is 1.71 bits per heavy atom. The lowest BCUT2D eigenvalue weighted by Gasteiger charge is -2.11. The van der Waals surface area contributed by atoms with Crippen molar-refractivity contribution < 1.29 is 14.3 Å². The van der Waals surface area contributed by atoms with Crippen LogP contribution >= 0.6 is 47.8 Å². The van der Waals surface area contributed by atoms with E-state index in [2.05, 4.69) is 47.8 Å². The van der Waals surface area contributed by atoms with Gasteiger partial charge in [0.1, 0.15) is 11.5 Å². The molecule has 0 heterocycles. The third-order valence-corrected chi connectivity index (χ3v) is 4.44. The fourth-order valence-corrected chi connectivity index (χ4v) is 2.99. The van der Waals surface area contributed by atoms with Gasteiger partial charge in [-0.25, -0.2) is 0 Å². The second kappa shape index (κ2) is 7.42. The number of Topliss-reactive ketones (excluding diaryl/α,β-unsaturated/α-hetero) is 1. The topological polar surface area (TPSA) is 35.5 Å². The first-order valence-electron chi connectivity index (χ1n) is 5.96. The molecule has 0 bridgehead atoms. The van der Waals surface area contributed by atoms with Crippen LogP contribution in [0.15, 0.2) is 49.8 Å². The molecule has 0 aliphatic rings. The third-order valence-electron chi connectivity index (χ3n) is 2.71. The summed E-state index contributed by atoms with van der Waals surface area (Å²) in [5, 5.41) is 0. The van der Waals surface area contributed by atoms with Crippen LogP contribution in [0.2, 0.25) is 0 Å². The average Bonchev–Trinajstić information content (AvgIpc) is 2.47. The lowest BCUT2D eigenvalue weighted by molar-refractivity contribution is 0.0921. The summed E-state index contributed by atoms with van der Waals surface area (Å²) in [7, 11) is 1.59. The Kier molecular flexibility index (Phi) is 5.84. The number of benzene rings is 2. The van der Waals surface area contributed by atoms with Crippen molar-refractivity contribution in [1.29, 1.82) is 0 Å². The van der Waals surface area contributed by atoms with Crippen molar-refractivity contribution in [3.8, 4) is 11.5 Å². The summed E-state index contributed by atoms with van der Waals surface area (Å²) >= 11 is 10.1. The van der Waals surface area contributed by atoms with Crippen LogP contribution in [0.5, 0.6) is 11.5 Å². The lowest BCUT2D eigenvalue weighted by Crippen LogP contribution is -2.11. The number of carbonyl (C=O) groups excluding carboxylic acids is 1. The molecule has 0 radical (unpaired) electrons. The SMILES string of the molecule is COc1cc(Br)c(OCC(=O)c2cccc(Br)c2)cc1Br. The predicted octanol–water partition coefficient (Wildman–Crippen LogP) is 5.24. The number of ether oxygens (including phenoxy) is 2. The Balaban J connectivity index is 2.10. The molecule has 3 nitrogen and oxygen atoms in total. The molecular formula is C15H11Br3O3. The van der Waals surface area contributed by atoms with Crippen molar-refractivity contribution in [2.24, 2.45) is 0 Å². The molecule has 0 atom stereocenters. The number of halogens is 3. The first kappa shape index (κ1) is 16.5. The standard InChI is InChI=1S/C15H11Br3O3/c1-20-14-6-12(18)15(7-11(14)17)21-8-13(19)9-3-2-4-10(16)5-9/h2-7H,8H2,1H3. The molecule has 0 fully saturated rings. The van der Waals surface area contributed by atoms with E-state index in [9.17, 15) is 4.79 Å². The van der Waals surface area contributed by atoms with Crippen molar-refractivity contribution in [3.05, 3.63) is 55.4 Å². The second-order valence-corrected chi connectivity index (χ2v) is 6.76. The first-order chi connectivity index (χ1) is 10.0. The van der Waals surface area contributed by atoms with Gasteiger partial charge in [-0.15, -0.1) is 0 Å². The van der Waals surface area contributed by atoms with Gasteiger partial charge in [-0.05, 0) is 56.1 Å². The fraction of sp³-hybridized carbons (Fsp3) is 0.133. The minimum absolute atomic E-state index is 0.0339. The molecule has 2 aromatic carbocycles. The molecule has 21 heavy (non-hydrogen) atoms. The summed E-state index contributed by atoms with van der Waals surface area (Å²) in [6, 6.07) is 10.8. The van der Waals surface area contributed by atoms with E-state index < -0.39 is 0 Å². The smallest absolute Gasteiger partial charge is 0.200 e. The molecule has 0 aliphatic carbocycles. The van der Waals surface area contributed by atoms with E-state index in [4.69, 9.17) is 9.47 Å². The Bertz CT molecular complexity index is 671. The van der Waals surface area contributed by atoms with Crippen molar-refractivity contribution in [1.82, 2.24) is 0 Å². The van der Waals surface area contributed by atoms with Crippen LogP contribution in [0, 0.1) is 0 Å². The highest BCUT2D eigenvalue weighted by atomic mass is 79.9. The second-order valence-electron chi connectivity index (χ2n) is 4.14. The van der Waals surface area contributed by atoms with E-state index in [0.29, 0.717) is 17.1 Å². The normalized spacial score (nSPS) is 10.3. The number of hydrogen-bond acceptors (Lipinski definition) is 3. The van der Waals surface area contributed by atoms with Crippen LogP contribution < -0.4 is 9.47 Å². The minimum atomic E-state index is -0.0878. The van der Waals surface area contributed by atoms with Gasteiger partial charge in [-0.3, -0.25) is 4.79 Å². The van der Waals surface area contributed by atoms with E-state index in [1.165, 1.54) is 0 Å². The van der Waals surface area contributed by atoms with Gasteiger partial charge in [-0.2, -0.15) is 0 Å². The predicted molar refractivity (Wildman–Crippen MR) is 92.4 cm³/mol. The van der Waals surface area contributed by atoms with Crippen LogP contribution in [-0.4, -0.2) is 19.5 Å². The van der Waals surface area contributed by atoms with E-state index in [0.717, 1.165) is 13.4 Å². The summed E-state index contributed by atoms with van der Waals surface area (Å²) in [5.41, 5.74) is 0.605. The zero-order valence-electron chi connectivity index (χ0n) is 11.0.